The number of nitro benzene ring substituents is 1. The lowest BCUT2D eigenvalue weighted by molar-refractivity contribution is -0.385. The predicted octanol–water partition coefficient (Wildman–Crippen LogP) is 5.00. The summed E-state index contributed by atoms with van der Waals surface area (Å²) in [5, 5.41) is 13.8. The molecule has 0 spiro atoms. The molecular formula is C15H21BrN2O4. The fourth-order valence-electron chi connectivity index (χ4n) is 1.82. The normalized spacial score (nSPS) is 12.0. The van der Waals surface area contributed by atoms with Gasteiger partial charge in [0.15, 0.2) is 0 Å². The summed E-state index contributed by atoms with van der Waals surface area (Å²) >= 11 is 3.34. The maximum atomic E-state index is 11.8. The third kappa shape index (κ3) is 4.98. The lowest BCUT2D eigenvalue weighted by Crippen LogP contribution is -2.27. The fraction of sp³-hybridized carbons (Fsp3) is 0.533. The number of nitrogens with one attached hydrogen (secondary N) is 1. The summed E-state index contributed by atoms with van der Waals surface area (Å²) in [5.74, 6) is 0. The topological polar surface area (TPSA) is 81.5 Å². The van der Waals surface area contributed by atoms with E-state index in [1.54, 1.807) is 26.8 Å². The van der Waals surface area contributed by atoms with E-state index in [-0.39, 0.29) is 5.69 Å². The molecule has 0 bridgehead atoms. The van der Waals surface area contributed by atoms with Crippen LogP contribution in [-0.4, -0.2) is 16.6 Å². The van der Waals surface area contributed by atoms with Crippen LogP contribution in [0.25, 0.3) is 0 Å². The molecule has 1 aromatic carbocycles. The van der Waals surface area contributed by atoms with Crippen LogP contribution in [0.3, 0.4) is 0 Å². The summed E-state index contributed by atoms with van der Waals surface area (Å²) in [6.45, 7) is 10.9. The van der Waals surface area contributed by atoms with Gasteiger partial charge in [0.05, 0.1) is 10.6 Å². The van der Waals surface area contributed by atoms with Gasteiger partial charge in [-0.1, -0.05) is 20.8 Å². The number of nitro groups is 1. The highest BCUT2D eigenvalue weighted by Gasteiger charge is 2.27. The molecular weight excluding hydrogens is 352 g/mol. The van der Waals surface area contributed by atoms with E-state index < -0.39 is 22.0 Å². The van der Waals surface area contributed by atoms with Crippen LogP contribution in [0.2, 0.25) is 0 Å². The maximum Gasteiger partial charge on any atom is 0.412 e. The average Bonchev–Trinajstić information content (AvgIpc) is 2.27. The van der Waals surface area contributed by atoms with Crippen molar-refractivity contribution >= 4 is 33.4 Å². The molecule has 0 heterocycles. The van der Waals surface area contributed by atoms with Gasteiger partial charge in [-0.2, -0.15) is 0 Å². The first-order valence-electron chi connectivity index (χ1n) is 6.79. The second-order valence-corrected chi connectivity index (χ2v) is 7.84. The van der Waals surface area contributed by atoms with Crippen molar-refractivity contribution in [2.45, 2.75) is 52.6 Å². The van der Waals surface area contributed by atoms with Gasteiger partial charge >= 0.3 is 6.09 Å². The van der Waals surface area contributed by atoms with Crippen molar-refractivity contribution in [3.8, 4) is 0 Å². The standard InChI is InChI=1S/C15H21BrN2O4/c1-14(2,3)9-7-10(16)11(8-12(9)18(20)21)17-13(19)22-15(4,5)6/h7-8H,1-6H3,(H,17,19). The maximum absolute atomic E-state index is 11.8. The Kier molecular flexibility index (Phi) is 5.22. The van der Waals surface area contributed by atoms with Crippen LogP contribution in [0, 0.1) is 10.1 Å². The molecule has 0 aliphatic rings. The molecule has 0 aliphatic carbocycles. The molecule has 0 aromatic heterocycles. The Morgan fingerprint density at radius 1 is 1.23 bits per heavy atom. The average molecular weight is 373 g/mol. The van der Waals surface area contributed by atoms with Gasteiger partial charge in [0, 0.05) is 16.1 Å². The number of hydrogen-bond acceptors (Lipinski definition) is 4. The Hall–Kier alpha value is -1.63. The second-order valence-electron chi connectivity index (χ2n) is 6.98. The number of ether oxygens (including phenoxy) is 1. The van der Waals surface area contributed by atoms with Crippen LogP contribution >= 0.6 is 15.9 Å². The molecule has 0 unspecified atom stereocenters. The summed E-state index contributed by atoms with van der Waals surface area (Å²) in [7, 11) is 0. The highest BCUT2D eigenvalue weighted by atomic mass is 79.9. The van der Waals surface area contributed by atoms with Gasteiger partial charge in [0.1, 0.15) is 5.60 Å². The van der Waals surface area contributed by atoms with E-state index in [1.165, 1.54) is 6.07 Å². The van der Waals surface area contributed by atoms with Crippen LogP contribution in [0.4, 0.5) is 16.2 Å². The van der Waals surface area contributed by atoms with Crippen LogP contribution in [0.5, 0.6) is 0 Å². The molecule has 0 saturated heterocycles. The predicted molar refractivity (Wildman–Crippen MR) is 89.4 cm³/mol. The van der Waals surface area contributed by atoms with E-state index in [1.807, 2.05) is 20.8 Å². The van der Waals surface area contributed by atoms with Gasteiger partial charge in [-0.3, -0.25) is 15.4 Å². The first kappa shape index (κ1) is 18.4. The molecule has 122 valence electrons. The number of nitrogens with zero attached hydrogens (tertiary/aromatic N) is 1. The van der Waals surface area contributed by atoms with Crippen LogP contribution in [-0.2, 0) is 10.2 Å². The molecule has 0 fully saturated rings. The molecule has 22 heavy (non-hydrogen) atoms. The summed E-state index contributed by atoms with van der Waals surface area (Å²) in [4.78, 5) is 22.7. The smallest absolute Gasteiger partial charge is 0.412 e. The van der Waals surface area contributed by atoms with Crippen molar-refractivity contribution in [2.75, 3.05) is 5.32 Å². The molecule has 0 aliphatic heterocycles. The Morgan fingerprint density at radius 2 is 1.77 bits per heavy atom. The Balaban J connectivity index is 3.21. The summed E-state index contributed by atoms with van der Waals surface area (Å²) in [6.07, 6.45) is -0.661. The molecule has 0 atom stereocenters. The van der Waals surface area contributed by atoms with Crippen LogP contribution < -0.4 is 5.32 Å². The summed E-state index contributed by atoms with van der Waals surface area (Å²) in [6, 6.07) is 3.00. The largest absolute Gasteiger partial charge is 0.444 e. The van der Waals surface area contributed by atoms with Crippen molar-refractivity contribution in [2.24, 2.45) is 0 Å². The van der Waals surface area contributed by atoms with Crippen molar-refractivity contribution in [3.05, 3.63) is 32.3 Å². The van der Waals surface area contributed by atoms with Crippen molar-refractivity contribution < 1.29 is 14.5 Å². The third-order valence-corrected chi connectivity index (χ3v) is 3.38. The summed E-state index contributed by atoms with van der Waals surface area (Å²) in [5.41, 5.74) is -0.196. The van der Waals surface area contributed by atoms with Gasteiger partial charge in [0.25, 0.3) is 5.69 Å². The fourth-order valence-corrected chi connectivity index (χ4v) is 2.27. The van der Waals surface area contributed by atoms with Crippen molar-refractivity contribution in [3.63, 3.8) is 0 Å². The van der Waals surface area contributed by atoms with E-state index in [4.69, 9.17) is 4.74 Å². The lowest BCUT2D eigenvalue weighted by Gasteiger charge is -2.22. The van der Waals surface area contributed by atoms with E-state index in [2.05, 4.69) is 21.2 Å². The zero-order chi connectivity index (χ0) is 17.3. The highest BCUT2D eigenvalue weighted by Crippen LogP contribution is 2.37. The zero-order valence-corrected chi connectivity index (χ0v) is 15.2. The van der Waals surface area contributed by atoms with Gasteiger partial charge in [0.2, 0.25) is 0 Å². The minimum Gasteiger partial charge on any atom is -0.444 e. The number of benzene rings is 1. The zero-order valence-electron chi connectivity index (χ0n) is 13.6. The Bertz CT molecular complexity index is 601. The minimum absolute atomic E-state index is 0.0400. The van der Waals surface area contributed by atoms with Crippen molar-refractivity contribution in [1.82, 2.24) is 0 Å². The molecule has 1 N–H and O–H groups in total. The lowest BCUT2D eigenvalue weighted by atomic mass is 9.85. The quantitative estimate of drug-likeness (QED) is 0.584. The molecule has 0 saturated carbocycles. The summed E-state index contributed by atoms with van der Waals surface area (Å²) < 4.78 is 5.72. The Labute approximate surface area is 138 Å². The Morgan fingerprint density at radius 3 is 2.18 bits per heavy atom. The van der Waals surface area contributed by atoms with Gasteiger partial charge < -0.3 is 4.74 Å². The molecule has 1 amide bonds. The van der Waals surface area contributed by atoms with E-state index in [0.717, 1.165) is 0 Å². The number of carbonyl (C=O) groups excluding carboxylic acids is 1. The van der Waals surface area contributed by atoms with Gasteiger partial charge in [-0.15, -0.1) is 0 Å². The van der Waals surface area contributed by atoms with Crippen LogP contribution in [0.15, 0.2) is 16.6 Å². The van der Waals surface area contributed by atoms with Crippen molar-refractivity contribution in [1.29, 1.82) is 0 Å². The highest BCUT2D eigenvalue weighted by molar-refractivity contribution is 9.10. The third-order valence-electron chi connectivity index (χ3n) is 2.73. The number of halogens is 1. The first-order chi connectivity index (χ1) is 9.81. The molecule has 6 nitrogen and oxygen atoms in total. The molecule has 7 heteroatoms. The molecule has 1 aromatic rings. The molecule has 0 radical (unpaired) electrons. The number of rotatable bonds is 2. The first-order valence-corrected chi connectivity index (χ1v) is 7.59. The monoisotopic (exact) mass is 372 g/mol. The minimum atomic E-state index is -0.661. The SMILES string of the molecule is CC(C)(C)OC(=O)Nc1cc([N+](=O)[O-])c(C(C)(C)C)cc1Br. The number of amides is 1. The number of carbonyl (C=O) groups is 1. The van der Waals surface area contributed by atoms with Gasteiger partial charge in [-0.25, -0.2) is 4.79 Å². The van der Waals surface area contributed by atoms with E-state index in [0.29, 0.717) is 15.7 Å². The van der Waals surface area contributed by atoms with Crippen LogP contribution in [0.1, 0.15) is 47.1 Å². The van der Waals surface area contributed by atoms with Gasteiger partial charge in [-0.05, 0) is 48.2 Å². The number of hydrogen-bond donors (Lipinski definition) is 1. The molecule has 1 rings (SSSR count). The second kappa shape index (κ2) is 6.24. The van der Waals surface area contributed by atoms with E-state index in [9.17, 15) is 14.9 Å². The van der Waals surface area contributed by atoms with E-state index >= 15 is 0 Å². The number of anilines is 1.